The van der Waals surface area contributed by atoms with E-state index in [1.807, 2.05) is 0 Å². The lowest BCUT2D eigenvalue weighted by atomic mass is 9.75. The van der Waals surface area contributed by atoms with Gasteiger partial charge in [0.2, 0.25) is 0 Å². The first-order chi connectivity index (χ1) is 13.8. The molecule has 0 aromatic heterocycles. The molecule has 3 aliphatic heterocycles. The Bertz CT molecular complexity index is 460. The van der Waals surface area contributed by atoms with Crippen LogP contribution in [-0.2, 0) is 0 Å². The third-order valence-corrected chi connectivity index (χ3v) is 7.96. The summed E-state index contributed by atoms with van der Waals surface area (Å²) in [7, 11) is 0. The maximum Gasteiger partial charge on any atom is 0.120 e. The standard InChI is InChI=1S/C24H48N4O/c1-20(27-14-5-6-15-27)9-18-28(22-7-12-25-13-8-22)23(29)19-26-16-10-21(11-17-26)24(2,3)4/h20-23,25,29H,5-19H2,1-4H3. The van der Waals surface area contributed by atoms with Gasteiger partial charge in [-0.3, -0.25) is 9.80 Å². The molecule has 0 radical (unpaired) electrons. The van der Waals surface area contributed by atoms with Gasteiger partial charge >= 0.3 is 0 Å². The number of hydrogen-bond donors (Lipinski definition) is 2. The van der Waals surface area contributed by atoms with Gasteiger partial charge in [-0.1, -0.05) is 20.8 Å². The minimum absolute atomic E-state index is 0.324. The second kappa shape index (κ2) is 10.9. The number of aliphatic hydroxyl groups excluding tert-OH is 1. The van der Waals surface area contributed by atoms with Gasteiger partial charge < -0.3 is 15.3 Å². The van der Waals surface area contributed by atoms with Crippen LogP contribution in [0.2, 0.25) is 0 Å². The predicted molar refractivity (Wildman–Crippen MR) is 122 cm³/mol. The first-order valence-corrected chi connectivity index (χ1v) is 12.5. The van der Waals surface area contributed by atoms with Crippen LogP contribution < -0.4 is 5.32 Å². The van der Waals surface area contributed by atoms with Crippen LogP contribution in [0.5, 0.6) is 0 Å². The molecule has 0 aromatic carbocycles. The summed E-state index contributed by atoms with van der Waals surface area (Å²) in [4.78, 5) is 7.62. The number of piperidine rings is 2. The molecule has 0 amide bonds. The van der Waals surface area contributed by atoms with Gasteiger partial charge in [0, 0.05) is 25.2 Å². The molecule has 3 fully saturated rings. The topological polar surface area (TPSA) is 42.0 Å². The van der Waals surface area contributed by atoms with E-state index < -0.39 is 0 Å². The fourth-order valence-electron chi connectivity index (χ4n) is 5.73. The average Bonchev–Trinajstić information content (AvgIpc) is 3.23. The molecule has 0 spiro atoms. The van der Waals surface area contributed by atoms with E-state index in [9.17, 15) is 5.11 Å². The van der Waals surface area contributed by atoms with Crippen molar-refractivity contribution in [3.8, 4) is 0 Å². The molecule has 3 aliphatic rings. The molecule has 5 heteroatoms. The number of likely N-dealkylation sites (tertiary alicyclic amines) is 2. The lowest BCUT2D eigenvalue weighted by Crippen LogP contribution is -2.53. The Kier molecular flexibility index (Phi) is 8.82. The van der Waals surface area contributed by atoms with E-state index in [0.29, 0.717) is 17.5 Å². The van der Waals surface area contributed by atoms with E-state index in [2.05, 4.69) is 47.7 Å². The molecule has 3 rings (SSSR count). The van der Waals surface area contributed by atoms with Crippen molar-refractivity contribution >= 4 is 0 Å². The first-order valence-electron chi connectivity index (χ1n) is 12.5. The SMILES string of the molecule is CC(CCN(C(O)CN1CCC(C(C)(C)C)CC1)C1CCNCC1)N1CCCC1. The van der Waals surface area contributed by atoms with Gasteiger partial charge in [0.25, 0.3) is 0 Å². The third kappa shape index (κ3) is 6.90. The van der Waals surface area contributed by atoms with Crippen LogP contribution in [0.25, 0.3) is 0 Å². The normalized spacial score (nSPS) is 26.3. The van der Waals surface area contributed by atoms with Crippen LogP contribution in [0, 0.1) is 11.3 Å². The number of nitrogens with zero attached hydrogens (tertiary/aromatic N) is 3. The Balaban J connectivity index is 1.52. The van der Waals surface area contributed by atoms with Crippen molar-refractivity contribution in [1.29, 1.82) is 0 Å². The largest absolute Gasteiger partial charge is 0.377 e. The van der Waals surface area contributed by atoms with E-state index in [0.717, 1.165) is 45.2 Å². The fraction of sp³-hybridized carbons (Fsp3) is 1.00. The van der Waals surface area contributed by atoms with Crippen LogP contribution in [0.3, 0.4) is 0 Å². The van der Waals surface area contributed by atoms with E-state index >= 15 is 0 Å². The lowest BCUT2D eigenvalue weighted by molar-refractivity contribution is -0.0603. The van der Waals surface area contributed by atoms with Gasteiger partial charge in [0.15, 0.2) is 0 Å². The molecule has 2 unspecified atom stereocenters. The molecular weight excluding hydrogens is 360 g/mol. The Morgan fingerprint density at radius 2 is 1.62 bits per heavy atom. The van der Waals surface area contributed by atoms with Gasteiger partial charge in [0.1, 0.15) is 6.23 Å². The van der Waals surface area contributed by atoms with Crippen molar-refractivity contribution in [3.05, 3.63) is 0 Å². The number of rotatable bonds is 8. The highest BCUT2D eigenvalue weighted by Gasteiger charge is 2.32. The minimum atomic E-state index is -0.324. The molecule has 2 N–H and O–H groups in total. The zero-order chi connectivity index (χ0) is 20.9. The summed E-state index contributed by atoms with van der Waals surface area (Å²) in [6.07, 6.45) is 8.45. The van der Waals surface area contributed by atoms with Crippen molar-refractivity contribution in [3.63, 3.8) is 0 Å². The van der Waals surface area contributed by atoms with Gasteiger partial charge in [-0.25, -0.2) is 0 Å². The van der Waals surface area contributed by atoms with Gasteiger partial charge in [-0.05, 0) is 102 Å². The molecule has 3 saturated heterocycles. The zero-order valence-electron chi connectivity index (χ0n) is 19.7. The first kappa shape index (κ1) is 23.5. The molecule has 3 heterocycles. The maximum atomic E-state index is 11.3. The van der Waals surface area contributed by atoms with Crippen LogP contribution >= 0.6 is 0 Å². The molecule has 5 nitrogen and oxygen atoms in total. The third-order valence-electron chi connectivity index (χ3n) is 7.96. The smallest absolute Gasteiger partial charge is 0.120 e. The van der Waals surface area contributed by atoms with Crippen molar-refractivity contribution in [2.75, 3.05) is 52.4 Å². The number of nitrogens with one attached hydrogen (secondary N) is 1. The van der Waals surface area contributed by atoms with Crippen LogP contribution in [0.4, 0.5) is 0 Å². The maximum absolute atomic E-state index is 11.3. The summed E-state index contributed by atoms with van der Waals surface area (Å²) in [5.41, 5.74) is 0.414. The molecule has 170 valence electrons. The van der Waals surface area contributed by atoms with Crippen LogP contribution in [-0.4, -0.2) is 90.5 Å². The number of β-amino-alcohol motifs (C(OH)–C–C–N with tert-alkyl or cyclic N) is 1. The Morgan fingerprint density at radius 1 is 1.00 bits per heavy atom. The van der Waals surface area contributed by atoms with E-state index in [1.165, 1.54) is 58.0 Å². The van der Waals surface area contributed by atoms with Crippen LogP contribution in [0.1, 0.15) is 72.6 Å². The summed E-state index contributed by atoms with van der Waals surface area (Å²) in [6, 6.07) is 1.17. The van der Waals surface area contributed by atoms with E-state index in [-0.39, 0.29) is 6.23 Å². The Hall–Kier alpha value is -0.200. The minimum Gasteiger partial charge on any atom is -0.377 e. The lowest BCUT2D eigenvalue weighted by Gasteiger charge is -2.43. The fourth-order valence-corrected chi connectivity index (χ4v) is 5.73. The van der Waals surface area contributed by atoms with E-state index in [1.54, 1.807) is 0 Å². The summed E-state index contributed by atoms with van der Waals surface area (Å²) in [6.45, 7) is 18.4. The second-order valence-corrected chi connectivity index (χ2v) is 11.0. The highest BCUT2D eigenvalue weighted by molar-refractivity contribution is 4.85. The average molecular weight is 409 g/mol. The van der Waals surface area contributed by atoms with Crippen molar-refractivity contribution in [2.45, 2.75) is 91.0 Å². The Morgan fingerprint density at radius 3 is 2.21 bits per heavy atom. The Labute approximate surface area is 180 Å². The van der Waals surface area contributed by atoms with Crippen molar-refractivity contribution in [1.82, 2.24) is 20.0 Å². The van der Waals surface area contributed by atoms with Crippen molar-refractivity contribution < 1.29 is 5.11 Å². The second-order valence-electron chi connectivity index (χ2n) is 11.0. The molecule has 0 saturated carbocycles. The molecule has 0 aliphatic carbocycles. The highest BCUT2D eigenvalue weighted by atomic mass is 16.3. The predicted octanol–water partition coefficient (Wildman–Crippen LogP) is 2.99. The summed E-state index contributed by atoms with van der Waals surface area (Å²) in [5, 5.41) is 14.8. The summed E-state index contributed by atoms with van der Waals surface area (Å²) in [5.74, 6) is 0.817. The molecular formula is C24H48N4O. The van der Waals surface area contributed by atoms with Crippen LogP contribution in [0.15, 0.2) is 0 Å². The van der Waals surface area contributed by atoms with Gasteiger partial charge in [0.05, 0.1) is 0 Å². The highest BCUT2D eigenvalue weighted by Crippen LogP contribution is 2.34. The quantitative estimate of drug-likeness (QED) is 0.605. The van der Waals surface area contributed by atoms with E-state index in [4.69, 9.17) is 0 Å². The molecule has 2 atom stereocenters. The summed E-state index contributed by atoms with van der Waals surface area (Å²) >= 11 is 0. The van der Waals surface area contributed by atoms with Gasteiger partial charge in [-0.15, -0.1) is 0 Å². The number of hydrogen-bond acceptors (Lipinski definition) is 5. The zero-order valence-corrected chi connectivity index (χ0v) is 19.7. The molecule has 29 heavy (non-hydrogen) atoms. The van der Waals surface area contributed by atoms with Gasteiger partial charge in [-0.2, -0.15) is 0 Å². The summed E-state index contributed by atoms with van der Waals surface area (Å²) < 4.78 is 0. The molecule has 0 aromatic rings. The monoisotopic (exact) mass is 408 g/mol. The molecule has 0 bridgehead atoms. The van der Waals surface area contributed by atoms with Crippen molar-refractivity contribution in [2.24, 2.45) is 11.3 Å². The number of aliphatic hydroxyl groups is 1.